The van der Waals surface area contributed by atoms with Crippen LogP contribution in [-0.2, 0) is 12.8 Å². The molecular weight excluding hydrogens is 371 g/mol. The van der Waals surface area contributed by atoms with E-state index in [4.69, 9.17) is 0 Å². The van der Waals surface area contributed by atoms with E-state index in [1.54, 1.807) is 36.5 Å². The molecule has 1 aromatic carbocycles. The zero-order valence-electron chi connectivity index (χ0n) is 15.8. The number of benzene rings is 1. The van der Waals surface area contributed by atoms with Gasteiger partial charge >= 0.3 is 0 Å². The van der Waals surface area contributed by atoms with Crippen molar-refractivity contribution in [3.05, 3.63) is 81.8 Å². The molecule has 6 nitrogen and oxygen atoms in total. The zero-order valence-corrected chi connectivity index (χ0v) is 15.8. The SMILES string of the molecule is O=C(NCC1CCc2nc(-c3ccc(F)cc3)[nH]c(=O)c2CC1)c1ccccn1. The first-order valence-corrected chi connectivity index (χ1v) is 9.67. The zero-order chi connectivity index (χ0) is 20.2. The molecule has 29 heavy (non-hydrogen) atoms. The molecule has 0 saturated carbocycles. The van der Waals surface area contributed by atoms with Crippen LogP contribution in [0.4, 0.5) is 4.39 Å². The molecule has 1 aliphatic carbocycles. The summed E-state index contributed by atoms with van der Waals surface area (Å²) in [6, 6.07) is 11.1. The topological polar surface area (TPSA) is 87.7 Å². The van der Waals surface area contributed by atoms with Crippen LogP contribution >= 0.6 is 0 Å². The van der Waals surface area contributed by atoms with Gasteiger partial charge in [-0.1, -0.05) is 6.07 Å². The highest BCUT2D eigenvalue weighted by Crippen LogP contribution is 2.23. The minimum atomic E-state index is -0.332. The number of carbonyl (C=O) groups is 1. The number of H-pyrrole nitrogens is 1. The van der Waals surface area contributed by atoms with Crippen LogP contribution < -0.4 is 10.9 Å². The van der Waals surface area contributed by atoms with E-state index in [0.29, 0.717) is 42.0 Å². The Balaban J connectivity index is 1.45. The lowest BCUT2D eigenvalue weighted by molar-refractivity contribution is 0.0941. The summed E-state index contributed by atoms with van der Waals surface area (Å²) >= 11 is 0. The van der Waals surface area contributed by atoms with E-state index in [1.165, 1.54) is 12.1 Å². The summed E-state index contributed by atoms with van der Waals surface area (Å²) in [5.74, 6) is 0.185. The second kappa shape index (κ2) is 8.34. The number of aromatic nitrogens is 3. The van der Waals surface area contributed by atoms with Crippen LogP contribution in [0.15, 0.2) is 53.5 Å². The maximum Gasteiger partial charge on any atom is 0.269 e. The van der Waals surface area contributed by atoms with Crippen LogP contribution in [0.25, 0.3) is 11.4 Å². The van der Waals surface area contributed by atoms with E-state index in [0.717, 1.165) is 18.5 Å². The van der Waals surface area contributed by atoms with Gasteiger partial charge in [-0.2, -0.15) is 0 Å². The Labute approximate surface area is 167 Å². The van der Waals surface area contributed by atoms with Crippen molar-refractivity contribution in [1.29, 1.82) is 0 Å². The normalized spacial score (nSPS) is 16.0. The maximum atomic E-state index is 13.2. The van der Waals surface area contributed by atoms with E-state index >= 15 is 0 Å². The molecule has 0 aliphatic heterocycles. The van der Waals surface area contributed by atoms with Gasteiger partial charge in [0.2, 0.25) is 0 Å². The van der Waals surface area contributed by atoms with Gasteiger partial charge in [-0.05, 0) is 68.0 Å². The lowest BCUT2D eigenvalue weighted by atomic mass is 10.00. The van der Waals surface area contributed by atoms with Gasteiger partial charge in [-0.25, -0.2) is 9.37 Å². The van der Waals surface area contributed by atoms with Crippen LogP contribution in [0, 0.1) is 11.7 Å². The number of aryl methyl sites for hydroxylation is 1. The van der Waals surface area contributed by atoms with Gasteiger partial charge in [0.15, 0.2) is 0 Å². The number of aromatic amines is 1. The summed E-state index contributed by atoms with van der Waals surface area (Å²) in [5.41, 5.74) is 2.41. The number of carbonyl (C=O) groups excluding carboxylic acids is 1. The number of nitrogens with one attached hydrogen (secondary N) is 2. The first kappa shape index (κ1) is 19.0. The number of hydrogen-bond acceptors (Lipinski definition) is 4. The van der Waals surface area contributed by atoms with Gasteiger partial charge in [-0.3, -0.25) is 14.6 Å². The average molecular weight is 392 g/mol. The lowest BCUT2D eigenvalue weighted by Crippen LogP contribution is -2.30. The lowest BCUT2D eigenvalue weighted by Gasteiger charge is -2.14. The van der Waals surface area contributed by atoms with Gasteiger partial charge < -0.3 is 10.3 Å². The van der Waals surface area contributed by atoms with E-state index in [2.05, 4.69) is 20.3 Å². The molecule has 0 bridgehead atoms. The summed E-state index contributed by atoms with van der Waals surface area (Å²) in [6.45, 7) is 0.534. The molecule has 0 saturated heterocycles. The monoisotopic (exact) mass is 392 g/mol. The molecule has 0 fully saturated rings. The summed E-state index contributed by atoms with van der Waals surface area (Å²) in [4.78, 5) is 36.3. The third-order valence-electron chi connectivity index (χ3n) is 5.26. The number of fused-ring (bicyclic) bond motifs is 1. The number of halogens is 1. The summed E-state index contributed by atoms with van der Waals surface area (Å²) in [7, 11) is 0. The highest BCUT2D eigenvalue weighted by molar-refractivity contribution is 5.92. The average Bonchev–Trinajstić information content (AvgIpc) is 2.96. The Morgan fingerprint density at radius 2 is 1.93 bits per heavy atom. The van der Waals surface area contributed by atoms with Crippen molar-refractivity contribution in [2.45, 2.75) is 25.7 Å². The Hall–Kier alpha value is -3.35. The van der Waals surface area contributed by atoms with Crippen LogP contribution in [-0.4, -0.2) is 27.4 Å². The van der Waals surface area contributed by atoms with E-state index in [9.17, 15) is 14.0 Å². The smallest absolute Gasteiger partial charge is 0.269 e. The number of amides is 1. The second-order valence-corrected chi connectivity index (χ2v) is 7.22. The highest BCUT2D eigenvalue weighted by atomic mass is 19.1. The molecule has 1 aliphatic rings. The Bertz CT molecular complexity index is 1060. The molecule has 2 heterocycles. The first-order valence-electron chi connectivity index (χ1n) is 9.67. The van der Waals surface area contributed by atoms with Crippen LogP contribution in [0.2, 0.25) is 0 Å². The molecule has 148 valence electrons. The summed E-state index contributed by atoms with van der Waals surface area (Å²) < 4.78 is 13.2. The van der Waals surface area contributed by atoms with Crippen LogP contribution in [0.3, 0.4) is 0 Å². The molecular formula is C22H21FN4O2. The number of nitrogens with zero attached hydrogens (tertiary/aromatic N) is 2. The number of pyridine rings is 1. The van der Waals surface area contributed by atoms with E-state index in [1.807, 2.05) is 0 Å². The molecule has 0 spiro atoms. The number of hydrogen-bond donors (Lipinski definition) is 2. The Kier molecular flexibility index (Phi) is 5.46. The molecule has 7 heteroatoms. The molecule has 2 N–H and O–H groups in total. The van der Waals surface area contributed by atoms with Crippen molar-refractivity contribution in [3.63, 3.8) is 0 Å². The predicted molar refractivity (Wildman–Crippen MR) is 107 cm³/mol. The molecule has 1 unspecified atom stereocenters. The van der Waals surface area contributed by atoms with Gasteiger partial charge in [0.05, 0.1) is 5.69 Å². The largest absolute Gasteiger partial charge is 0.350 e. The Morgan fingerprint density at radius 3 is 2.69 bits per heavy atom. The van der Waals surface area contributed by atoms with Gasteiger partial charge in [0.25, 0.3) is 11.5 Å². The fraction of sp³-hybridized carbons (Fsp3) is 0.273. The van der Waals surface area contributed by atoms with Crippen molar-refractivity contribution in [1.82, 2.24) is 20.3 Å². The third kappa shape index (κ3) is 4.39. The number of rotatable bonds is 4. The molecule has 1 amide bonds. The van der Waals surface area contributed by atoms with Crippen molar-refractivity contribution < 1.29 is 9.18 Å². The second-order valence-electron chi connectivity index (χ2n) is 7.22. The molecule has 0 radical (unpaired) electrons. The highest BCUT2D eigenvalue weighted by Gasteiger charge is 2.21. The molecule has 3 aromatic rings. The van der Waals surface area contributed by atoms with Gasteiger partial charge in [0.1, 0.15) is 17.3 Å². The summed E-state index contributed by atoms with van der Waals surface area (Å²) in [6.07, 6.45) is 4.50. The van der Waals surface area contributed by atoms with Crippen LogP contribution in [0.5, 0.6) is 0 Å². The summed E-state index contributed by atoms with van der Waals surface area (Å²) in [5, 5.41) is 2.94. The minimum Gasteiger partial charge on any atom is -0.350 e. The predicted octanol–water partition coefficient (Wildman–Crippen LogP) is 2.90. The van der Waals surface area contributed by atoms with Gasteiger partial charge in [0, 0.05) is 23.9 Å². The van der Waals surface area contributed by atoms with Crippen molar-refractivity contribution in [3.8, 4) is 11.4 Å². The molecule has 4 rings (SSSR count). The van der Waals surface area contributed by atoms with Crippen molar-refractivity contribution >= 4 is 5.91 Å². The van der Waals surface area contributed by atoms with E-state index in [-0.39, 0.29) is 23.2 Å². The van der Waals surface area contributed by atoms with Crippen molar-refractivity contribution in [2.75, 3.05) is 6.54 Å². The van der Waals surface area contributed by atoms with Crippen molar-refractivity contribution in [2.24, 2.45) is 5.92 Å². The fourth-order valence-corrected chi connectivity index (χ4v) is 3.62. The molecule has 2 aromatic heterocycles. The Morgan fingerprint density at radius 1 is 1.14 bits per heavy atom. The van der Waals surface area contributed by atoms with Crippen LogP contribution in [0.1, 0.15) is 34.6 Å². The standard InChI is InChI=1S/C22H21FN4O2/c23-16-8-6-15(7-9-16)20-26-18-11-5-14(4-10-17(18)21(28)27-20)13-25-22(29)19-3-1-2-12-24-19/h1-3,6-9,12,14H,4-5,10-11,13H2,(H,25,29)(H,26,27,28). The third-order valence-corrected chi connectivity index (χ3v) is 5.26. The quantitative estimate of drug-likeness (QED) is 0.669. The first-order chi connectivity index (χ1) is 14.1. The maximum absolute atomic E-state index is 13.2. The molecule has 1 atom stereocenters. The van der Waals surface area contributed by atoms with E-state index < -0.39 is 0 Å². The minimum absolute atomic E-state index is 0.146. The van der Waals surface area contributed by atoms with Gasteiger partial charge in [-0.15, -0.1) is 0 Å². The fourth-order valence-electron chi connectivity index (χ4n) is 3.62.